The molecule has 216 valence electrons. The van der Waals surface area contributed by atoms with E-state index in [1.165, 1.54) is 24.3 Å². The molecule has 0 bridgehead atoms. The topological polar surface area (TPSA) is 242 Å². The molecular weight excluding hydrogens is 611 g/mol. The minimum Gasteiger partial charge on any atom is -0.477 e. The summed E-state index contributed by atoms with van der Waals surface area (Å²) >= 11 is 2.16. The third-order valence-electron chi connectivity index (χ3n) is 5.87. The van der Waals surface area contributed by atoms with E-state index in [0.29, 0.717) is 5.57 Å². The molecule has 3 heterocycles. The summed E-state index contributed by atoms with van der Waals surface area (Å²) in [6.45, 7) is -0.0397. The Morgan fingerprint density at radius 2 is 1.95 bits per heavy atom. The number of thioether (sulfide) groups is 2. The molecule has 40 heavy (non-hydrogen) atoms. The number of carboxylic acids is 1. The summed E-state index contributed by atoms with van der Waals surface area (Å²) in [5.41, 5.74) is -0.0501. The first-order chi connectivity index (χ1) is 18.8. The normalized spacial score (nSPS) is 20.9. The number of carbonyl (C=O) groups is 3. The molecule has 1 fully saturated rings. The summed E-state index contributed by atoms with van der Waals surface area (Å²) in [7, 11) is -8.43. The van der Waals surface area contributed by atoms with E-state index in [1.807, 2.05) is 0 Å². The molecule has 2 aromatic rings. The molecule has 2 amide bonds. The van der Waals surface area contributed by atoms with Crippen LogP contribution in [0.15, 0.2) is 46.8 Å². The number of rotatable bonds is 12. The number of aliphatic carboxylic acids is 1. The Morgan fingerprint density at radius 3 is 2.52 bits per heavy atom. The maximum absolute atomic E-state index is 13.1. The number of amides is 2. The number of aromatic amines is 1. The van der Waals surface area contributed by atoms with Crippen molar-refractivity contribution in [2.24, 2.45) is 0 Å². The highest BCUT2D eigenvalue weighted by Crippen LogP contribution is 2.44. The monoisotopic (exact) mass is 633 g/mol. The van der Waals surface area contributed by atoms with Crippen LogP contribution in [0.3, 0.4) is 0 Å². The van der Waals surface area contributed by atoms with Crippen molar-refractivity contribution in [2.75, 3.05) is 18.6 Å². The molecule has 16 nitrogen and oxygen atoms in total. The number of aromatic nitrogens is 4. The summed E-state index contributed by atoms with van der Waals surface area (Å²) in [4.78, 5) is 39.4. The van der Waals surface area contributed by atoms with Crippen LogP contribution in [-0.4, -0.2) is 105 Å². The number of benzene rings is 1. The molecule has 0 aliphatic carbocycles. The molecule has 2 aliphatic heterocycles. The standard InChI is InChI=1S/C20H23N7O9S4/c1-39(32,33)21-8-7-12(38-20-23-25-26-24-20)11-9-37-18-13(17(29)27(18)14(11)19(30)31)22-16(28)15(40(34,35)36)10-5-3-2-4-6-10/h2-6,12-13,15,18,21H,7-9H2,1H3,(H,22,28)(H,30,31)(H,34,35,36)(H,23,24,25,26)/t12?,13-,15?,18+/m1/s1. The van der Waals surface area contributed by atoms with Crippen LogP contribution in [0.1, 0.15) is 17.2 Å². The molecule has 1 aromatic carbocycles. The fourth-order valence-corrected chi connectivity index (χ4v) is 8.08. The van der Waals surface area contributed by atoms with E-state index < -0.39 is 59.8 Å². The van der Waals surface area contributed by atoms with E-state index in [9.17, 15) is 40.9 Å². The first-order valence-electron chi connectivity index (χ1n) is 11.4. The van der Waals surface area contributed by atoms with Gasteiger partial charge in [0.15, 0.2) is 5.25 Å². The maximum atomic E-state index is 13.1. The lowest BCUT2D eigenvalue weighted by atomic mass is 10.00. The second-order valence-corrected chi connectivity index (χ2v) is 14.2. The SMILES string of the molecule is CS(=O)(=O)NCCC(Sc1nn[nH]n1)C1=C(C(=O)O)N2C(=O)[C@@H](NC(=O)C(c3ccccc3)S(=O)(=O)O)[C@@H]2SC1. The quantitative estimate of drug-likeness (QED) is 0.107. The van der Waals surface area contributed by atoms with Crippen molar-refractivity contribution in [1.82, 2.24) is 35.6 Å². The summed E-state index contributed by atoms with van der Waals surface area (Å²) < 4.78 is 59.2. The number of nitrogens with one attached hydrogen (secondary N) is 3. The first-order valence-corrected chi connectivity index (χ1v) is 16.7. The molecular formula is C20H23N7O9S4. The van der Waals surface area contributed by atoms with Crippen molar-refractivity contribution in [1.29, 1.82) is 0 Å². The zero-order valence-electron chi connectivity index (χ0n) is 20.5. The highest BCUT2D eigenvalue weighted by atomic mass is 32.2. The van der Waals surface area contributed by atoms with Crippen molar-refractivity contribution >= 4 is 61.4 Å². The van der Waals surface area contributed by atoms with Gasteiger partial charge in [-0.2, -0.15) is 13.6 Å². The Morgan fingerprint density at radius 1 is 1.25 bits per heavy atom. The predicted molar refractivity (Wildman–Crippen MR) is 142 cm³/mol. The zero-order valence-corrected chi connectivity index (χ0v) is 23.8. The van der Waals surface area contributed by atoms with E-state index in [0.717, 1.165) is 34.7 Å². The van der Waals surface area contributed by atoms with Gasteiger partial charge in [-0.15, -0.1) is 22.0 Å². The van der Waals surface area contributed by atoms with Gasteiger partial charge in [0.2, 0.25) is 21.1 Å². The molecule has 0 spiro atoms. The zero-order chi connectivity index (χ0) is 29.2. The number of tetrazole rings is 1. The van der Waals surface area contributed by atoms with E-state index in [-0.39, 0.29) is 35.1 Å². The van der Waals surface area contributed by atoms with Crippen molar-refractivity contribution in [3.8, 4) is 0 Å². The Bertz CT molecular complexity index is 1530. The lowest BCUT2D eigenvalue weighted by molar-refractivity contribution is -0.150. The Labute approximate surface area is 236 Å². The van der Waals surface area contributed by atoms with Gasteiger partial charge in [-0.05, 0) is 22.8 Å². The molecule has 1 aromatic heterocycles. The molecule has 5 N–H and O–H groups in total. The molecule has 2 unspecified atom stereocenters. The lowest BCUT2D eigenvalue weighted by Gasteiger charge is -2.50. The summed E-state index contributed by atoms with van der Waals surface area (Å²) in [6, 6.07) is 5.96. The van der Waals surface area contributed by atoms with Crippen LogP contribution < -0.4 is 10.0 Å². The van der Waals surface area contributed by atoms with Crippen LogP contribution in [0, 0.1) is 0 Å². The Kier molecular flexibility index (Phi) is 8.85. The number of hydrogen-bond acceptors (Lipinski definition) is 12. The van der Waals surface area contributed by atoms with Crippen LogP contribution in [0.2, 0.25) is 0 Å². The van der Waals surface area contributed by atoms with Gasteiger partial charge in [-0.3, -0.25) is 19.0 Å². The van der Waals surface area contributed by atoms with Crippen LogP contribution in [0.5, 0.6) is 0 Å². The van der Waals surface area contributed by atoms with Crippen molar-refractivity contribution in [3.63, 3.8) is 0 Å². The van der Waals surface area contributed by atoms with Crippen LogP contribution >= 0.6 is 23.5 Å². The van der Waals surface area contributed by atoms with Gasteiger partial charge in [-0.25, -0.2) is 17.9 Å². The van der Waals surface area contributed by atoms with Crippen molar-refractivity contribution < 1.29 is 40.9 Å². The number of β-lactam (4-membered cyclic amide) rings is 1. The van der Waals surface area contributed by atoms with Crippen molar-refractivity contribution in [2.45, 2.75) is 33.5 Å². The first kappa shape index (κ1) is 29.9. The second kappa shape index (κ2) is 11.8. The number of carboxylic acid groups (broad SMARTS) is 1. The fourth-order valence-electron chi connectivity index (χ4n) is 4.21. The minimum absolute atomic E-state index is 0.0140. The van der Waals surface area contributed by atoms with Crippen LogP contribution in [0.4, 0.5) is 0 Å². The van der Waals surface area contributed by atoms with Gasteiger partial charge in [0.05, 0.1) is 6.26 Å². The Balaban J connectivity index is 1.58. The van der Waals surface area contributed by atoms with Crippen LogP contribution in [-0.2, 0) is 34.5 Å². The van der Waals surface area contributed by atoms with Gasteiger partial charge in [0.25, 0.3) is 16.0 Å². The van der Waals surface area contributed by atoms with Gasteiger partial charge >= 0.3 is 5.97 Å². The Hall–Kier alpha value is -3.04. The molecule has 4 rings (SSSR count). The van der Waals surface area contributed by atoms with E-state index in [2.05, 4.69) is 30.7 Å². The lowest BCUT2D eigenvalue weighted by Crippen LogP contribution is -2.71. The predicted octanol–water partition coefficient (Wildman–Crippen LogP) is -1.03. The molecule has 4 atom stereocenters. The van der Waals surface area contributed by atoms with Crippen molar-refractivity contribution in [3.05, 3.63) is 47.2 Å². The summed E-state index contributed by atoms with van der Waals surface area (Å²) in [5.74, 6) is -3.28. The number of hydrogen-bond donors (Lipinski definition) is 5. The molecule has 0 radical (unpaired) electrons. The van der Waals surface area contributed by atoms with Gasteiger partial charge in [-0.1, -0.05) is 42.1 Å². The molecule has 0 saturated carbocycles. The smallest absolute Gasteiger partial charge is 0.352 e. The van der Waals surface area contributed by atoms with Gasteiger partial charge < -0.3 is 10.4 Å². The number of carbonyl (C=O) groups excluding carboxylic acids is 2. The number of sulfonamides is 1. The summed E-state index contributed by atoms with van der Waals surface area (Å²) in [6.07, 6.45) is 1.10. The highest BCUT2D eigenvalue weighted by molar-refractivity contribution is 8.01. The molecule has 2 aliphatic rings. The minimum atomic E-state index is -4.90. The average Bonchev–Trinajstić information content (AvgIpc) is 3.38. The largest absolute Gasteiger partial charge is 0.477 e. The maximum Gasteiger partial charge on any atom is 0.352 e. The van der Waals surface area contributed by atoms with Gasteiger partial charge in [0, 0.05) is 17.5 Å². The highest BCUT2D eigenvalue weighted by Gasteiger charge is 2.55. The molecule has 20 heteroatoms. The van der Waals surface area contributed by atoms with Gasteiger partial charge in [0.1, 0.15) is 17.1 Å². The fraction of sp³-hybridized carbons (Fsp3) is 0.400. The molecule has 1 saturated heterocycles. The average molecular weight is 634 g/mol. The van der Waals surface area contributed by atoms with E-state index in [1.54, 1.807) is 6.07 Å². The van der Waals surface area contributed by atoms with E-state index in [4.69, 9.17) is 0 Å². The number of H-pyrrole nitrogens is 1. The van der Waals surface area contributed by atoms with E-state index >= 15 is 0 Å². The third kappa shape index (κ3) is 6.63. The second-order valence-electron chi connectivity index (χ2n) is 8.64. The number of nitrogens with zero attached hydrogens (tertiary/aromatic N) is 4. The third-order valence-corrected chi connectivity index (χ3v) is 10.2. The number of fused-ring (bicyclic) bond motifs is 1. The summed E-state index contributed by atoms with van der Waals surface area (Å²) in [5, 5.41) is 22.5. The van der Waals surface area contributed by atoms with Crippen LogP contribution in [0.25, 0.3) is 0 Å².